The molecule has 1 N–H and O–H groups in total. The van der Waals surface area contributed by atoms with E-state index in [9.17, 15) is 24.8 Å². The van der Waals surface area contributed by atoms with Crippen LogP contribution in [0.1, 0.15) is 42.1 Å². The van der Waals surface area contributed by atoms with Crippen molar-refractivity contribution in [2.75, 3.05) is 31.2 Å². The molecule has 0 bridgehead atoms. The van der Waals surface area contributed by atoms with Crippen LogP contribution in [0, 0.1) is 10.1 Å². The number of carboxylic acid groups (broad SMARTS) is 1. The normalized spacial score (nSPS) is 20.7. The molecule has 0 atom stereocenters. The first-order valence-corrected chi connectivity index (χ1v) is 10.0. The molecule has 10 nitrogen and oxygen atoms in total. The summed E-state index contributed by atoms with van der Waals surface area (Å²) in [6, 6.07) is 2.99. The molecule has 1 aliphatic carbocycles. The number of aromatic carboxylic acids is 1. The Morgan fingerprint density at radius 3 is 2.43 bits per heavy atom. The fourth-order valence-corrected chi connectivity index (χ4v) is 4.45. The van der Waals surface area contributed by atoms with Gasteiger partial charge in [0.2, 0.25) is 5.43 Å². The summed E-state index contributed by atoms with van der Waals surface area (Å²) in [7, 11) is 0. The van der Waals surface area contributed by atoms with Gasteiger partial charge in [0.1, 0.15) is 11.3 Å². The maximum absolute atomic E-state index is 12.7. The van der Waals surface area contributed by atoms with Crippen molar-refractivity contribution in [1.29, 1.82) is 0 Å². The van der Waals surface area contributed by atoms with Crippen molar-refractivity contribution in [3.63, 3.8) is 0 Å². The van der Waals surface area contributed by atoms with E-state index in [0.717, 1.165) is 12.8 Å². The Kier molecular flexibility index (Phi) is 4.30. The highest BCUT2D eigenvalue weighted by atomic mass is 16.7. The predicted molar refractivity (Wildman–Crippen MR) is 106 cm³/mol. The van der Waals surface area contributed by atoms with Gasteiger partial charge in [-0.2, -0.15) is 0 Å². The number of benzene rings is 1. The minimum Gasteiger partial charge on any atom is -0.477 e. The van der Waals surface area contributed by atoms with E-state index in [4.69, 9.17) is 9.47 Å². The number of nitrogens with zero attached hydrogens (tertiary/aromatic N) is 3. The summed E-state index contributed by atoms with van der Waals surface area (Å²) in [5, 5.41) is 21.3. The van der Waals surface area contributed by atoms with E-state index >= 15 is 0 Å². The SMILES string of the molecule is O=C(O)c1cn(C2CC2)c2cc(N3CCC4(CC3)OCCO4)c([N+](=O)[O-])cc2c1=O. The molecule has 0 unspecified atom stereocenters. The number of carboxylic acids is 1. The number of anilines is 1. The monoisotopic (exact) mass is 415 g/mol. The summed E-state index contributed by atoms with van der Waals surface area (Å²) in [6.45, 7) is 2.14. The van der Waals surface area contributed by atoms with Gasteiger partial charge in [-0.15, -0.1) is 0 Å². The van der Waals surface area contributed by atoms with Gasteiger partial charge in [-0.1, -0.05) is 0 Å². The zero-order valence-corrected chi connectivity index (χ0v) is 16.2. The van der Waals surface area contributed by atoms with Gasteiger partial charge in [0.15, 0.2) is 5.79 Å². The molecule has 1 aromatic heterocycles. The molecule has 0 amide bonds. The number of hydrogen-bond donors (Lipinski definition) is 1. The van der Waals surface area contributed by atoms with E-state index in [1.165, 1.54) is 12.3 Å². The Balaban J connectivity index is 1.63. The quantitative estimate of drug-likeness (QED) is 0.596. The van der Waals surface area contributed by atoms with Gasteiger partial charge in [-0.05, 0) is 18.9 Å². The number of nitro groups is 1. The van der Waals surface area contributed by atoms with E-state index in [1.807, 2.05) is 4.90 Å². The van der Waals surface area contributed by atoms with E-state index in [-0.39, 0.29) is 22.7 Å². The van der Waals surface area contributed by atoms with Crippen molar-refractivity contribution in [3.8, 4) is 0 Å². The summed E-state index contributed by atoms with van der Waals surface area (Å²) < 4.78 is 13.3. The van der Waals surface area contributed by atoms with Gasteiger partial charge in [-0.3, -0.25) is 14.9 Å². The second-order valence-electron chi connectivity index (χ2n) is 8.03. The molecule has 2 aromatic rings. The Morgan fingerprint density at radius 1 is 1.20 bits per heavy atom. The molecule has 3 heterocycles. The Labute approximate surface area is 170 Å². The lowest BCUT2D eigenvalue weighted by Crippen LogP contribution is -2.45. The largest absolute Gasteiger partial charge is 0.477 e. The summed E-state index contributed by atoms with van der Waals surface area (Å²) in [4.78, 5) is 37.5. The molecule has 10 heteroatoms. The number of piperidine rings is 1. The first kappa shape index (κ1) is 19.0. The minimum atomic E-state index is -1.33. The average molecular weight is 415 g/mol. The zero-order valence-electron chi connectivity index (χ0n) is 16.2. The lowest BCUT2D eigenvalue weighted by molar-refractivity contribution is -0.384. The maximum atomic E-state index is 12.7. The van der Waals surface area contributed by atoms with Crippen LogP contribution in [0.4, 0.5) is 11.4 Å². The molecule has 3 fully saturated rings. The zero-order chi connectivity index (χ0) is 21.0. The third kappa shape index (κ3) is 3.03. The van der Waals surface area contributed by atoms with Gasteiger partial charge < -0.3 is 24.0 Å². The predicted octanol–water partition coefficient (Wildman–Crippen LogP) is 2.29. The van der Waals surface area contributed by atoms with Crippen LogP contribution in [0.3, 0.4) is 0 Å². The number of nitro benzene ring substituents is 1. The summed E-state index contributed by atoms with van der Waals surface area (Å²) in [5.41, 5.74) is -0.311. The van der Waals surface area contributed by atoms with Gasteiger partial charge in [0, 0.05) is 44.2 Å². The molecule has 158 valence electrons. The minimum absolute atomic E-state index is 0.0631. The van der Waals surface area contributed by atoms with Gasteiger partial charge in [0.25, 0.3) is 5.69 Å². The number of rotatable bonds is 4. The van der Waals surface area contributed by atoms with Crippen LogP contribution in [-0.2, 0) is 9.47 Å². The molecular weight excluding hydrogens is 394 g/mol. The molecule has 1 spiro atoms. The molecular formula is C20H21N3O7. The van der Waals surface area contributed by atoms with Crippen LogP contribution in [0.5, 0.6) is 0 Å². The van der Waals surface area contributed by atoms with Crippen LogP contribution in [-0.4, -0.2) is 52.7 Å². The topological polar surface area (TPSA) is 124 Å². The summed E-state index contributed by atoms with van der Waals surface area (Å²) in [6.07, 6.45) is 4.31. The molecule has 1 saturated carbocycles. The smallest absolute Gasteiger partial charge is 0.341 e. The summed E-state index contributed by atoms with van der Waals surface area (Å²) >= 11 is 0. The van der Waals surface area contributed by atoms with Crippen molar-refractivity contribution < 1.29 is 24.3 Å². The maximum Gasteiger partial charge on any atom is 0.341 e. The van der Waals surface area contributed by atoms with Crippen molar-refractivity contribution in [2.45, 2.75) is 37.5 Å². The van der Waals surface area contributed by atoms with Crippen molar-refractivity contribution in [3.05, 3.63) is 44.2 Å². The van der Waals surface area contributed by atoms with Gasteiger partial charge in [0.05, 0.1) is 29.0 Å². The number of hydrogen-bond acceptors (Lipinski definition) is 7. The number of ether oxygens (including phenoxy) is 2. The van der Waals surface area contributed by atoms with Gasteiger partial charge in [-0.25, -0.2) is 4.79 Å². The standard InChI is InChI=1S/C20H21N3O7/c24-18-13-9-17(23(27)28)16(21-5-3-20(4-6-21)29-7-8-30-20)10-15(13)22(12-1-2-12)11-14(18)19(25)26/h9-12H,1-8H2,(H,25,26). The van der Waals surface area contributed by atoms with Gasteiger partial charge >= 0.3 is 5.97 Å². The molecule has 2 aliphatic heterocycles. The molecule has 5 rings (SSSR count). The van der Waals surface area contributed by atoms with Crippen LogP contribution >= 0.6 is 0 Å². The summed E-state index contributed by atoms with van der Waals surface area (Å²) in [5.74, 6) is -1.94. The third-order valence-corrected chi connectivity index (χ3v) is 6.18. The van der Waals surface area contributed by atoms with Crippen LogP contribution in [0.2, 0.25) is 0 Å². The third-order valence-electron chi connectivity index (χ3n) is 6.18. The fourth-order valence-electron chi connectivity index (χ4n) is 4.45. The Bertz CT molecular complexity index is 1110. The van der Waals surface area contributed by atoms with E-state index < -0.39 is 22.1 Å². The second-order valence-corrected chi connectivity index (χ2v) is 8.03. The molecule has 0 radical (unpaired) electrons. The number of pyridine rings is 1. The Morgan fingerprint density at radius 2 is 1.87 bits per heavy atom. The fraction of sp³-hybridized carbons (Fsp3) is 0.500. The van der Waals surface area contributed by atoms with E-state index in [2.05, 4.69) is 0 Å². The molecule has 30 heavy (non-hydrogen) atoms. The molecule has 1 aromatic carbocycles. The highest BCUT2D eigenvalue weighted by molar-refractivity contribution is 5.95. The lowest BCUT2D eigenvalue weighted by atomic mass is 10.0. The highest BCUT2D eigenvalue weighted by Gasteiger charge is 2.41. The van der Waals surface area contributed by atoms with Crippen molar-refractivity contribution >= 4 is 28.2 Å². The molecule has 3 aliphatic rings. The number of fused-ring (bicyclic) bond motifs is 1. The highest BCUT2D eigenvalue weighted by Crippen LogP contribution is 2.41. The first-order chi connectivity index (χ1) is 14.4. The lowest BCUT2D eigenvalue weighted by Gasteiger charge is -2.38. The average Bonchev–Trinajstić information content (AvgIpc) is 3.47. The van der Waals surface area contributed by atoms with E-state index in [1.54, 1.807) is 10.6 Å². The Hall–Kier alpha value is -2.98. The first-order valence-electron chi connectivity index (χ1n) is 10.0. The second kappa shape index (κ2) is 6.78. The van der Waals surface area contributed by atoms with Crippen molar-refractivity contribution in [1.82, 2.24) is 4.57 Å². The van der Waals surface area contributed by atoms with Crippen LogP contribution in [0.15, 0.2) is 23.1 Å². The van der Waals surface area contributed by atoms with Crippen LogP contribution in [0.25, 0.3) is 10.9 Å². The van der Waals surface area contributed by atoms with E-state index in [0.29, 0.717) is 50.3 Å². The molecule has 2 saturated heterocycles. The van der Waals surface area contributed by atoms with Crippen LogP contribution < -0.4 is 10.3 Å². The van der Waals surface area contributed by atoms with Crippen molar-refractivity contribution in [2.24, 2.45) is 0 Å². The number of carbonyl (C=O) groups is 1. The number of aromatic nitrogens is 1.